The van der Waals surface area contributed by atoms with Crippen molar-refractivity contribution in [2.45, 2.75) is 57.9 Å². The van der Waals surface area contributed by atoms with Crippen molar-refractivity contribution in [3.05, 3.63) is 23.8 Å². The predicted octanol–water partition coefficient (Wildman–Crippen LogP) is 2.95. The molecule has 0 bridgehead atoms. The Morgan fingerprint density at radius 2 is 2.18 bits per heavy atom. The van der Waals surface area contributed by atoms with E-state index in [0.717, 1.165) is 37.8 Å². The average Bonchev–Trinajstić information content (AvgIpc) is 3.53. The first-order chi connectivity index (χ1) is 13.6. The molecule has 1 N–H and O–H groups in total. The molecule has 1 saturated carbocycles. The second-order valence-electron chi connectivity index (χ2n) is 7.12. The molecule has 6 nitrogen and oxygen atoms in total. The molecule has 0 spiro atoms. The zero-order chi connectivity index (χ0) is 19.9. The van der Waals surface area contributed by atoms with E-state index in [1.807, 2.05) is 11.8 Å². The monoisotopic (exact) mass is 398 g/mol. The highest BCUT2D eigenvalue weighted by Crippen LogP contribution is 2.33. The number of carbonyl (C=O) groups excluding carboxylic acids is 1. The highest BCUT2D eigenvalue weighted by atomic mass is 19.3. The topological polar surface area (TPSA) is 60.0 Å². The summed E-state index contributed by atoms with van der Waals surface area (Å²) >= 11 is 0. The van der Waals surface area contributed by atoms with Crippen molar-refractivity contribution in [2.24, 2.45) is 0 Å². The van der Waals surface area contributed by atoms with Gasteiger partial charge in [0.1, 0.15) is 6.10 Å². The van der Waals surface area contributed by atoms with Crippen LogP contribution in [0.4, 0.5) is 8.78 Å². The largest absolute Gasteiger partial charge is 0.490 e. The molecule has 1 aliphatic heterocycles. The quantitative estimate of drug-likeness (QED) is 0.614. The number of alkyl halides is 2. The lowest BCUT2D eigenvalue weighted by Crippen LogP contribution is -2.49. The van der Waals surface area contributed by atoms with Crippen LogP contribution in [0.3, 0.4) is 0 Å². The van der Waals surface area contributed by atoms with E-state index >= 15 is 0 Å². The summed E-state index contributed by atoms with van der Waals surface area (Å²) in [6.07, 6.45) is 3.22. The van der Waals surface area contributed by atoms with Crippen LogP contribution < -0.4 is 14.8 Å². The van der Waals surface area contributed by atoms with Crippen molar-refractivity contribution in [3.63, 3.8) is 0 Å². The Hall–Kier alpha value is -1.93. The lowest BCUT2D eigenvalue weighted by molar-refractivity contribution is -0.146. The first-order valence-corrected chi connectivity index (χ1v) is 9.91. The van der Waals surface area contributed by atoms with E-state index in [4.69, 9.17) is 9.47 Å². The number of unbranched alkanes of at least 4 members (excludes halogenated alkanes) is 1. The van der Waals surface area contributed by atoms with Gasteiger partial charge < -0.3 is 24.4 Å². The van der Waals surface area contributed by atoms with Gasteiger partial charge >= 0.3 is 6.61 Å². The molecule has 1 saturated heterocycles. The molecular formula is C20H28F2N2O4. The average molecular weight is 398 g/mol. The maximum atomic E-state index is 12.9. The fraction of sp³-hybridized carbons (Fsp3) is 0.650. The van der Waals surface area contributed by atoms with E-state index < -0.39 is 12.7 Å². The Morgan fingerprint density at radius 1 is 1.36 bits per heavy atom. The van der Waals surface area contributed by atoms with Crippen LogP contribution in [0.25, 0.3) is 0 Å². The lowest BCUT2D eigenvalue weighted by Gasteiger charge is -2.30. The van der Waals surface area contributed by atoms with Crippen LogP contribution in [-0.2, 0) is 16.1 Å². The number of nitrogens with one attached hydrogen (secondary N) is 1. The van der Waals surface area contributed by atoms with E-state index in [0.29, 0.717) is 26.3 Å². The number of amides is 1. The third-order valence-corrected chi connectivity index (χ3v) is 4.81. The Morgan fingerprint density at radius 3 is 2.82 bits per heavy atom. The van der Waals surface area contributed by atoms with Gasteiger partial charge in [-0.3, -0.25) is 4.79 Å². The Bertz CT molecular complexity index is 649. The van der Waals surface area contributed by atoms with Crippen LogP contribution in [0.15, 0.2) is 18.2 Å². The van der Waals surface area contributed by atoms with Crippen molar-refractivity contribution in [1.29, 1.82) is 0 Å². The number of benzene rings is 1. The number of halogens is 2. The summed E-state index contributed by atoms with van der Waals surface area (Å²) in [6, 6.07) is 5.08. The van der Waals surface area contributed by atoms with Crippen molar-refractivity contribution in [2.75, 3.05) is 26.3 Å². The van der Waals surface area contributed by atoms with Gasteiger partial charge in [0.25, 0.3) is 5.91 Å². The number of hydrogen-bond donors (Lipinski definition) is 1. The molecule has 0 unspecified atom stereocenters. The smallest absolute Gasteiger partial charge is 0.387 e. The van der Waals surface area contributed by atoms with Gasteiger partial charge in [-0.2, -0.15) is 8.78 Å². The molecule has 0 radical (unpaired) electrons. The number of carbonyl (C=O) groups is 1. The first kappa shape index (κ1) is 20.8. The van der Waals surface area contributed by atoms with Crippen LogP contribution in [0.2, 0.25) is 0 Å². The van der Waals surface area contributed by atoms with E-state index in [1.54, 1.807) is 12.1 Å². The maximum absolute atomic E-state index is 12.9. The summed E-state index contributed by atoms with van der Waals surface area (Å²) in [6.45, 7) is 1.70. The Labute approximate surface area is 164 Å². The van der Waals surface area contributed by atoms with Crippen LogP contribution in [0.5, 0.6) is 11.5 Å². The van der Waals surface area contributed by atoms with Crippen LogP contribution in [0, 0.1) is 0 Å². The van der Waals surface area contributed by atoms with Gasteiger partial charge in [-0.15, -0.1) is 0 Å². The lowest BCUT2D eigenvalue weighted by atomic mass is 10.1. The molecule has 1 amide bonds. The summed E-state index contributed by atoms with van der Waals surface area (Å²) in [5, 5.41) is 3.18. The van der Waals surface area contributed by atoms with Gasteiger partial charge in [0.05, 0.1) is 13.2 Å². The highest BCUT2D eigenvalue weighted by Gasteiger charge is 2.37. The van der Waals surface area contributed by atoms with Crippen molar-refractivity contribution < 1.29 is 27.8 Å². The second kappa shape index (κ2) is 10.0. The Kier molecular flexibility index (Phi) is 7.44. The van der Waals surface area contributed by atoms with Gasteiger partial charge in [0.15, 0.2) is 11.5 Å². The standard InChI is InChI=1S/C20H28F2N2O4/c1-2-3-9-26-17-11-14(4-7-16(17)28-20(21)22)13-24(15-5-6-15)19(25)18-12-23-8-10-27-18/h4,7,11,15,18,20,23H,2-3,5-6,8-10,12-13H2,1H3/t18-/m1/s1. The maximum Gasteiger partial charge on any atom is 0.387 e. The van der Waals surface area contributed by atoms with Gasteiger partial charge in [-0.25, -0.2) is 0 Å². The SMILES string of the molecule is CCCCOc1cc(CN(C(=O)[C@H]2CNCCO2)C2CC2)ccc1OC(F)F. The fourth-order valence-corrected chi connectivity index (χ4v) is 3.16. The minimum atomic E-state index is -2.92. The van der Waals surface area contributed by atoms with Crippen molar-refractivity contribution in [1.82, 2.24) is 10.2 Å². The van der Waals surface area contributed by atoms with Gasteiger partial charge in [-0.1, -0.05) is 19.4 Å². The molecule has 28 heavy (non-hydrogen) atoms. The van der Waals surface area contributed by atoms with E-state index in [-0.39, 0.29) is 23.4 Å². The molecule has 0 aromatic heterocycles. The zero-order valence-corrected chi connectivity index (χ0v) is 16.2. The summed E-state index contributed by atoms with van der Waals surface area (Å²) in [5.41, 5.74) is 0.817. The molecule has 1 heterocycles. The summed E-state index contributed by atoms with van der Waals surface area (Å²) < 4.78 is 41.2. The van der Waals surface area contributed by atoms with Crippen LogP contribution in [-0.4, -0.2) is 55.9 Å². The summed E-state index contributed by atoms with van der Waals surface area (Å²) in [7, 11) is 0. The van der Waals surface area contributed by atoms with E-state index in [1.165, 1.54) is 6.07 Å². The molecule has 1 aromatic rings. The summed E-state index contributed by atoms with van der Waals surface area (Å²) in [4.78, 5) is 14.7. The molecule has 1 atom stereocenters. The van der Waals surface area contributed by atoms with Gasteiger partial charge in [-0.05, 0) is 37.0 Å². The normalized spacial score (nSPS) is 19.5. The number of hydrogen-bond acceptors (Lipinski definition) is 5. The van der Waals surface area contributed by atoms with E-state index in [9.17, 15) is 13.6 Å². The Balaban J connectivity index is 1.72. The van der Waals surface area contributed by atoms with Gasteiger partial charge in [0, 0.05) is 25.7 Å². The fourth-order valence-electron chi connectivity index (χ4n) is 3.16. The highest BCUT2D eigenvalue weighted by molar-refractivity contribution is 5.82. The number of morpholine rings is 1. The second-order valence-corrected chi connectivity index (χ2v) is 7.12. The molecule has 2 aliphatic rings. The molecule has 3 rings (SSSR count). The molecule has 156 valence electrons. The van der Waals surface area contributed by atoms with Crippen LogP contribution >= 0.6 is 0 Å². The summed E-state index contributed by atoms with van der Waals surface area (Å²) in [5.74, 6) is 0.264. The van der Waals surface area contributed by atoms with Crippen molar-refractivity contribution >= 4 is 5.91 Å². The third-order valence-electron chi connectivity index (χ3n) is 4.81. The molecule has 1 aromatic carbocycles. The van der Waals surface area contributed by atoms with Gasteiger partial charge in [0.2, 0.25) is 0 Å². The van der Waals surface area contributed by atoms with E-state index in [2.05, 4.69) is 10.1 Å². The third kappa shape index (κ3) is 5.78. The van der Waals surface area contributed by atoms with Crippen molar-refractivity contribution in [3.8, 4) is 11.5 Å². The number of ether oxygens (including phenoxy) is 3. The molecule has 1 aliphatic carbocycles. The minimum Gasteiger partial charge on any atom is -0.490 e. The zero-order valence-electron chi connectivity index (χ0n) is 16.2. The molecule has 8 heteroatoms. The predicted molar refractivity (Wildman–Crippen MR) is 99.7 cm³/mol. The molecule has 2 fully saturated rings. The number of rotatable bonds is 10. The first-order valence-electron chi connectivity index (χ1n) is 9.91. The minimum absolute atomic E-state index is 0.0129. The molecular weight excluding hydrogens is 370 g/mol. The number of nitrogens with zero attached hydrogens (tertiary/aromatic N) is 1. The van der Waals surface area contributed by atoms with Crippen LogP contribution in [0.1, 0.15) is 38.2 Å².